The quantitative estimate of drug-likeness (QED) is 0.198. The molecule has 0 bridgehead atoms. The van der Waals surface area contributed by atoms with Gasteiger partial charge in [-0.1, -0.05) is 35.5 Å². The number of hydrogen-bond donors (Lipinski definition) is 1. The van der Waals surface area contributed by atoms with Crippen LogP contribution in [0.5, 0.6) is 0 Å². The summed E-state index contributed by atoms with van der Waals surface area (Å²) in [6.45, 7) is 3.86. The maximum absolute atomic E-state index is 13.3. The first-order chi connectivity index (χ1) is 16.4. The number of carbonyl (C=O) groups is 2. The third-order valence-corrected chi connectivity index (χ3v) is 7.17. The van der Waals surface area contributed by atoms with Crippen LogP contribution >= 0.6 is 11.8 Å². The fourth-order valence-corrected chi connectivity index (χ4v) is 5.00. The Kier molecular flexibility index (Phi) is 7.63. The molecule has 1 amide bonds. The number of fused-ring (bicyclic) bond motifs is 1. The standard InChI is InChI=1S/C27H29N3O3S/c1-18(31)21-12-14-22(15-13-21)28-25(32)19(2)34-27-29-24-11-7-6-10-23(24)26(33)30(27)17-16-20-8-4-3-5-9-20/h6-8,10-15,19H,3-5,9,16-17H2,1-2H3,(H,28,32)/t19-/m1/s1. The van der Waals surface area contributed by atoms with Gasteiger partial charge in [-0.05, 0) is 82.3 Å². The first-order valence-electron chi connectivity index (χ1n) is 11.7. The van der Waals surface area contributed by atoms with Crippen LogP contribution < -0.4 is 10.9 Å². The van der Waals surface area contributed by atoms with Gasteiger partial charge in [-0.25, -0.2) is 4.98 Å². The second-order valence-electron chi connectivity index (χ2n) is 8.61. The number of para-hydroxylation sites is 1. The van der Waals surface area contributed by atoms with E-state index in [-0.39, 0.29) is 17.2 Å². The van der Waals surface area contributed by atoms with Gasteiger partial charge < -0.3 is 5.32 Å². The number of nitrogens with one attached hydrogen (secondary N) is 1. The van der Waals surface area contributed by atoms with E-state index < -0.39 is 5.25 Å². The van der Waals surface area contributed by atoms with Crippen molar-refractivity contribution in [3.05, 3.63) is 76.1 Å². The molecule has 0 saturated heterocycles. The van der Waals surface area contributed by atoms with E-state index in [1.807, 2.05) is 18.2 Å². The number of carbonyl (C=O) groups excluding carboxylic acids is 2. The minimum atomic E-state index is -0.472. The largest absolute Gasteiger partial charge is 0.325 e. The molecule has 1 aromatic heterocycles. The Labute approximate surface area is 203 Å². The topological polar surface area (TPSA) is 81.1 Å². The molecule has 0 fully saturated rings. The highest BCUT2D eigenvalue weighted by Gasteiger charge is 2.20. The highest BCUT2D eigenvalue weighted by atomic mass is 32.2. The Morgan fingerprint density at radius 3 is 2.59 bits per heavy atom. The Balaban J connectivity index is 1.55. The Morgan fingerprint density at radius 1 is 1.12 bits per heavy atom. The van der Waals surface area contributed by atoms with E-state index >= 15 is 0 Å². The SMILES string of the molecule is CC(=O)c1ccc(NC(=O)[C@@H](C)Sc2nc3ccccc3c(=O)n2CCC2=CCCCC2)cc1. The number of ketones is 1. The Hall–Kier alpha value is -3.19. The molecule has 1 aliphatic rings. The summed E-state index contributed by atoms with van der Waals surface area (Å²) in [4.78, 5) is 42.4. The summed E-state index contributed by atoms with van der Waals surface area (Å²) in [7, 11) is 0. The third kappa shape index (κ3) is 5.65. The molecule has 1 atom stereocenters. The third-order valence-electron chi connectivity index (χ3n) is 6.08. The molecule has 34 heavy (non-hydrogen) atoms. The monoisotopic (exact) mass is 475 g/mol. The predicted molar refractivity (Wildman–Crippen MR) is 138 cm³/mol. The number of amides is 1. The molecular formula is C27H29N3O3S. The molecule has 1 aliphatic carbocycles. The summed E-state index contributed by atoms with van der Waals surface area (Å²) in [5.41, 5.74) is 3.17. The molecule has 0 saturated carbocycles. The van der Waals surface area contributed by atoms with E-state index in [0.29, 0.717) is 33.9 Å². The van der Waals surface area contributed by atoms with Crippen LogP contribution in [-0.2, 0) is 11.3 Å². The molecule has 0 aliphatic heterocycles. The first kappa shape index (κ1) is 24.0. The van der Waals surface area contributed by atoms with Crippen molar-refractivity contribution in [3.8, 4) is 0 Å². The maximum Gasteiger partial charge on any atom is 0.262 e. The number of rotatable bonds is 8. The fraction of sp³-hybridized carbons (Fsp3) is 0.333. The molecule has 7 heteroatoms. The van der Waals surface area contributed by atoms with Gasteiger partial charge in [-0.3, -0.25) is 19.0 Å². The van der Waals surface area contributed by atoms with Gasteiger partial charge in [-0.15, -0.1) is 0 Å². The average molecular weight is 476 g/mol. The molecule has 1 heterocycles. The van der Waals surface area contributed by atoms with Gasteiger partial charge in [0, 0.05) is 17.8 Å². The predicted octanol–water partition coefficient (Wildman–Crippen LogP) is 5.61. The number of nitrogens with zero attached hydrogens (tertiary/aromatic N) is 2. The Morgan fingerprint density at radius 2 is 1.88 bits per heavy atom. The molecule has 0 unspecified atom stereocenters. The summed E-state index contributed by atoms with van der Waals surface area (Å²) >= 11 is 1.29. The fourth-order valence-electron chi connectivity index (χ4n) is 4.07. The van der Waals surface area contributed by atoms with E-state index in [2.05, 4.69) is 11.4 Å². The molecule has 6 nitrogen and oxygen atoms in total. The zero-order valence-corrected chi connectivity index (χ0v) is 20.4. The van der Waals surface area contributed by atoms with Crippen LogP contribution in [-0.4, -0.2) is 26.5 Å². The molecule has 4 rings (SSSR count). The van der Waals surface area contributed by atoms with Gasteiger partial charge in [0.1, 0.15) is 0 Å². The summed E-state index contributed by atoms with van der Waals surface area (Å²) < 4.78 is 1.72. The van der Waals surface area contributed by atoms with Crippen LogP contribution in [0.3, 0.4) is 0 Å². The van der Waals surface area contributed by atoms with Crippen LogP contribution in [0, 0.1) is 0 Å². The maximum atomic E-state index is 13.3. The number of Topliss-reactive ketones (excluding diaryl/α,β-unsaturated/α-hetero) is 1. The van der Waals surface area contributed by atoms with Crippen LogP contribution in [0.1, 0.15) is 56.3 Å². The van der Waals surface area contributed by atoms with Crippen molar-refractivity contribution in [1.29, 1.82) is 0 Å². The van der Waals surface area contributed by atoms with Crippen LogP contribution in [0.2, 0.25) is 0 Å². The zero-order chi connectivity index (χ0) is 24.1. The van der Waals surface area contributed by atoms with Crippen molar-refractivity contribution >= 4 is 40.0 Å². The van der Waals surface area contributed by atoms with Crippen molar-refractivity contribution < 1.29 is 9.59 Å². The van der Waals surface area contributed by atoms with Gasteiger partial charge in [0.25, 0.3) is 5.56 Å². The number of anilines is 1. The van der Waals surface area contributed by atoms with Gasteiger partial charge in [0.2, 0.25) is 5.91 Å². The van der Waals surface area contributed by atoms with Crippen LogP contribution in [0.4, 0.5) is 5.69 Å². The molecular weight excluding hydrogens is 446 g/mol. The molecule has 1 N–H and O–H groups in total. The lowest BCUT2D eigenvalue weighted by atomic mass is 9.97. The minimum absolute atomic E-state index is 0.0221. The van der Waals surface area contributed by atoms with Gasteiger partial charge in [0.15, 0.2) is 10.9 Å². The van der Waals surface area contributed by atoms with Crippen molar-refractivity contribution in [2.45, 2.75) is 62.9 Å². The molecule has 0 spiro atoms. The number of aromatic nitrogens is 2. The first-order valence-corrected chi connectivity index (χ1v) is 12.6. The summed E-state index contributed by atoms with van der Waals surface area (Å²) in [5, 5.41) is 3.56. The molecule has 3 aromatic rings. The second-order valence-corrected chi connectivity index (χ2v) is 9.92. The van der Waals surface area contributed by atoms with Crippen molar-refractivity contribution in [3.63, 3.8) is 0 Å². The number of hydrogen-bond acceptors (Lipinski definition) is 5. The molecule has 0 radical (unpaired) electrons. The second kappa shape index (κ2) is 10.8. The Bertz CT molecular complexity index is 1290. The lowest BCUT2D eigenvalue weighted by molar-refractivity contribution is -0.115. The summed E-state index contributed by atoms with van der Waals surface area (Å²) in [5.74, 6) is -0.212. The van der Waals surface area contributed by atoms with E-state index in [9.17, 15) is 14.4 Å². The van der Waals surface area contributed by atoms with Crippen LogP contribution in [0.15, 0.2) is 70.1 Å². The average Bonchev–Trinajstić information content (AvgIpc) is 2.84. The van der Waals surface area contributed by atoms with E-state index in [4.69, 9.17) is 4.98 Å². The summed E-state index contributed by atoms with van der Waals surface area (Å²) in [6, 6.07) is 14.2. The van der Waals surface area contributed by atoms with Gasteiger partial charge >= 0.3 is 0 Å². The van der Waals surface area contributed by atoms with Crippen molar-refractivity contribution in [2.24, 2.45) is 0 Å². The zero-order valence-electron chi connectivity index (χ0n) is 19.5. The lowest BCUT2D eigenvalue weighted by Crippen LogP contribution is -2.27. The van der Waals surface area contributed by atoms with Crippen molar-refractivity contribution in [2.75, 3.05) is 5.32 Å². The minimum Gasteiger partial charge on any atom is -0.325 e. The van der Waals surface area contributed by atoms with Crippen molar-refractivity contribution in [1.82, 2.24) is 9.55 Å². The lowest BCUT2D eigenvalue weighted by Gasteiger charge is -2.18. The number of benzene rings is 2. The van der Waals surface area contributed by atoms with E-state index in [0.717, 1.165) is 19.3 Å². The molecule has 2 aromatic carbocycles. The van der Waals surface area contributed by atoms with Gasteiger partial charge in [-0.2, -0.15) is 0 Å². The van der Waals surface area contributed by atoms with Gasteiger partial charge in [0.05, 0.1) is 16.2 Å². The van der Waals surface area contributed by atoms with E-state index in [1.165, 1.54) is 37.1 Å². The van der Waals surface area contributed by atoms with Crippen LogP contribution in [0.25, 0.3) is 10.9 Å². The number of thioether (sulfide) groups is 1. The number of allylic oxidation sites excluding steroid dienone is 2. The van der Waals surface area contributed by atoms with E-state index in [1.54, 1.807) is 41.8 Å². The normalized spacial score (nSPS) is 14.5. The smallest absolute Gasteiger partial charge is 0.262 e. The highest BCUT2D eigenvalue weighted by molar-refractivity contribution is 8.00. The molecule has 176 valence electrons. The summed E-state index contributed by atoms with van der Waals surface area (Å²) in [6.07, 6.45) is 7.72. The highest BCUT2D eigenvalue weighted by Crippen LogP contribution is 2.26.